The monoisotopic (exact) mass is 290 g/mol. The maximum Gasteiger partial charge on any atom is 0.324 e. The van der Waals surface area contributed by atoms with Gasteiger partial charge in [0, 0.05) is 51.5 Å². The van der Waals surface area contributed by atoms with Gasteiger partial charge in [-0.25, -0.2) is 4.79 Å². The molecule has 0 bridgehead atoms. The highest BCUT2D eigenvalue weighted by molar-refractivity contribution is 5.94. The topological polar surface area (TPSA) is 69.9 Å². The van der Waals surface area contributed by atoms with Gasteiger partial charge in [0.1, 0.15) is 0 Å². The predicted molar refractivity (Wildman–Crippen MR) is 83.1 cm³/mol. The van der Waals surface area contributed by atoms with Gasteiger partial charge < -0.3 is 15.5 Å². The summed E-state index contributed by atoms with van der Waals surface area (Å²) in [7, 11) is 3.48. The first kappa shape index (κ1) is 15.2. The Morgan fingerprint density at radius 2 is 1.90 bits per heavy atom. The van der Waals surface area contributed by atoms with Crippen molar-refractivity contribution in [1.29, 1.82) is 0 Å². The van der Waals surface area contributed by atoms with Crippen molar-refractivity contribution < 1.29 is 9.59 Å². The normalized spacial score (nSPS) is 14.7. The van der Waals surface area contributed by atoms with Crippen molar-refractivity contribution in [2.75, 3.05) is 44.4 Å². The Bertz CT molecular complexity index is 513. The predicted octanol–water partition coefficient (Wildman–Crippen LogP) is 1.38. The van der Waals surface area contributed by atoms with Crippen LogP contribution in [0.2, 0.25) is 0 Å². The number of hydrogen-bond donors (Lipinski definition) is 1. The summed E-state index contributed by atoms with van der Waals surface area (Å²) in [5.41, 5.74) is 7.20. The number of rotatable bonds is 5. The Kier molecular flexibility index (Phi) is 4.67. The Labute approximate surface area is 125 Å². The molecule has 0 unspecified atom stereocenters. The van der Waals surface area contributed by atoms with E-state index in [-0.39, 0.29) is 11.9 Å². The molecule has 0 aliphatic carbocycles. The van der Waals surface area contributed by atoms with Crippen molar-refractivity contribution in [1.82, 2.24) is 9.80 Å². The maximum atomic E-state index is 12.3. The number of nitrogens with two attached hydrogens (primary N) is 1. The number of carbonyl (C=O) groups is 2. The summed E-state index contributed by atoms with van der Waals surface area (Å²) in [4.78, 5) is 29.0. The van der Waals surface area contributed by atoms with Crippen molar-refractivity contribution in [3.05, 3.63) is 24.3 Å². The standard InChI is InChI=1S/C15H22N4O2/c1-17(2)14(20)4-3-9-18-10-11-19(15(18)21)13-7-5-12(16)6-8-13/h5-8H,3-4,9-11,16H2,1-2H3. The average Bonchev–Trinajstić information content (AvgIpc) is 2.81. The lowest BCUT2D eigenvalue weighted by Gasteiger charge is -2.19. The SMILES string of the molecule is CN(C)C(=O)CCCN1CCN(c2ccc(N)cc2)C1=O. The van der Waals surface area contributed by atoms with E-state index in [1.165, 1.54) is 0 Å². The van der Waals surface area contributed by atoms with Crippen LogP contribution in [0.5, 0.6) is 0 Å². The Hall–Kier alpha value is -2.24. The summed E-state index contributed by atoms with van der Waals surface area (Å²) < 4.78 is 0. The fourth-order valence-electron chi connectivity index (χ4n) is 2.33. The number of amides is 3. The Balaban J connectivity index is 1.87. The summed E-state index contributed by atoms with van der Waals surface area (Å²) in [6.45, 7) is 1.98. The highest BCUT2D eigenvalue weighted by Crippen LogP contribution is 2.21. The molecule has 6 heteroatoms. The van der Waals surface area contributed by atoms with E-state index in [0.29, 0.717) is 38.2 Å². The van der Waals surface area contributed by atoms with E-state index in [4.69, 9.17) is 5.73 Å². The molecule has 1 saturated heterocycles. The molecule has 0 atom stereocenters. The lowest BCUT2D eigenvalue weighted by Crippen LogP contribution is -2.33. The number of hydrogen-bond acceptors (Lipinski definition) is 3. The molecule has 1 fully saturated rings. The second kappa shape index (κ2) is 6.47. The van der Waals surface area contributed by atoms with Crippen LogP contribution in [-0.2, 0) is 4.79 Å². The summed E-state index contributed by atoms with van der Waals surface area (Å²) in [6, 6.07) is 7.29. The van der Waals surface area contributed by atoms with Crippen LogP contribution in [0.4, 0.5) is 16.2 Å². The zero-order valence-corrected chi connectivity index (χ0v) is 12.6. The largest absolute Gasteiger partial charge is 0.399 e. The van der Waals surface area contributed by atoms with Crippen molar-refractivity contribution >= 4 is 23.3 Å². The number of benzene rings is 1. The van der Waals surface area contributed by atoms with Crippen LogP contribution in [-0.4, -0.2) is 55.5 Å². The second-order valence-corrected chi connectivity index (χ2v) is 5.40. The van der Waals surface area contributed by atoms with Gasteiger partial charge in [-0.1, -0.05) is 0 Å². The van der Waals surface area contributed by atoms with Gasteiger partial charge in [-0.15, -0.1) is 0 Å². The molecule has 1 aromatic carbocycles. The molecule has 1 aliphatic rings. The molecule has 6 nitrogen and oxygen atoms in total. The van der Waals surface area contributed by atoms with E-state index < -0.39 is 0 Å². The quantitative estimate of drug-likeness (QED) is 0.833. The number of anilines is 2. The van der Waals surface area contributed by atoms with Crippen molar-refractivity contribution in [2.24, 2.45) is 0 Å². The molecule has 1 aromatic rings. The van der Waals surface area contributed by atoms with Crippen LogP contribution < -0.4 is 10.6 Å². The van der Waals surface area contributed by atoms with E-state index in [1.54, 1.807) is 40.9 Å². The van der Waals surface area contributed by atoms with Crippen LogP contribution in [0.3, 0.4) is 0 Å². The minimum Gasteiger partial charge on any atom is -0.399 e. The van der Waals surface area contributed by atoms with Crippen molar-refractivity contribution in [3.63, 3.8) is 0 Å². The lowest BCUT2D eigenvalue weighted by atomic mass is 10.2. The van der Waals surface area contributed by atoms with Crippen molar-refractivity contribution in [2.45, 2.75) is 12.8 Å². The molecule has 0 spiro atoms. The van der Waals surface area contributed by atoms with Crippen LogP contribution in [0.15, 0.2) is 24.3 Å². The molecule has 3 amide bonds. The highest BCUT2D eigenvalue weighted by Gasteiger charge is 2.29. The van der Waals surface area contributed by atoms with Gasteiger partial charge in [-0.2, -0.15) is 0 Å². The first-order chi connectivity index (χ1) is 9.99. The maximum absolute atomic E-state index is 12.3. The zero-order valence-electron chi connectivity index (χ0n) is 12.6. The molecule has 21 heavy (non-hydrogen) atoms. The van der Waals surface area contributed by atoms with E-state index in [0.717, 1.165) is 5.69 Å². The van der Waals surface area contributed by atoms with Crippen LogP contribution in [0.1, 0.15) is 12.8 Å². The lowest BCUT2D eigenvalue weighted by molar-refractivity contribution is -0.128. The van der Waals surface area contributed by atoms with Crippen molar-refractivity contribution in [3.8, 4) is 0 Å². The van der Waals surface area contributed by atoms with Crippen LogP contribution in [0.25, 0.3) is 0 Å². The highest BCUT2D eigenvalue weighted by atomic mass is 16.2. The van der Waals surface area contributed by atoms with Gasteiger partial charge in [-0.05, 0) is 30.7 Å². The number of urea groups is 1. The van der Waals surface area contributed by atoms with E-state index in [9.17, 15) is 9.59 Å². The van der Waals surface area contributed by atoms with Crippen LogP contribution >= 0.6 is 0 Å². The summed E-state index contributed by atoms with van der Waals surface area (Å²) in [5.74, 6) is 0.0945. The minimum absolute atomic E-state index is 0.00271. The third-order valence-electron chi connectivity index (χ3n) is 3.62. The molecule has 2 N–H and O–H groups in total. The molecule has 0 aromatic heterocycles. The molecule has 2 rings (SSSR count). The first-order valence-corrected chi connectivity index (χ1v) is 7.11. The third kappa shape index (κ3) is 3.65. The fourth-order valence-corrected chi connectivity index (χ4v) is 2.33. The zero-order chi connectivity index (χ0) is 15.4. The van der Waals surface area contributed by atoms with E-state index in [1.807, 2.05) is 12.1 Å². The minimum atomic E-state index is -0.00271. The van der Waals surface area contributed by atoms with E-state index >= 15 is 0 Å². The average molecular weight is 290 g/mol. The first-order valence-electron chi connectivity index (χ1n) is 7.11. The molecular formula is C15H22N4O2. The van der Waals surface area contributed by atoms with Gasteiger partial charge >= 0.3 is 6.03 Å². The molecule has 114 valence electrons. The van der Waals surface area contributed by atoms with E-state index in [2.05, 4.69) is 0 Å². The summed E-state index contributed by atoms with van der Waals surface area (Å²) in [5, 5.41) is 0. The summed E-state index contributed by atoms with van der Waals surface area (Å²) in [6.07, 6.45) is 1.16. The smallest absolute Gasteiger partial charge is 0.324 e. The molecule has 0 radical (unpaired) electrons. The number of nitrogens with zero attached hydrogens (tertiary/aromatic N) is 3. The van der Waals surface area contributed by atoms with Gasteiger partial charge in [0.05, 0.1) is 0 Å². The number of nitrogen functional groups attached to an aromatic ring is 1. The fraction of sp³-hybridized carbons (Fsp3) is 0.467. The van der Waals surface area contributed by atoms with Gasteiger partial charge in [0.2, 0.25) is 5.91 Å². The summed E-state index contributed by atoms with van der Waals surface area (Å²) >= 11 is 0. The van der Waals surface area contributed by atoms with Gasteiger partial charge in [-0.3, -0.25) is 9.69 Å². The molecule has 1 heterocycles. The Morgan fingerprint density at radius 3 is 2.52 bits per heavy atom. The second-order valence-electron chi connectivity index (χ2n) is 5.40. The van der Waals surface area contributed by atoms with Crippen LogP contribution in [0, 0.1) is 0 Å². The Morgan fingerprint density at radius 1 is 1.24 bits per heavy atom. The molecule has 0 saturated carbocycles. The number of carbonyl (C=O) groups excluding carboxylic acids is 2. The molecule has 1 aliphatic heterocycles. The third-order valence-corrected chi connectivity index (χ3v) is 3.62. The molecular weight excluding hydrogens is 268 g/mol. The van der Waals surface area contributed by atoms with Gasteiger partial charge in [0.15, 0.2) is 0 Å². The van der Waals surface area contributed by atoms with Gasteiger partial charge in [0.25, 0.3) is 0 Å².